The quantitative estimate of drug-likeness (QED) is 0.800. The van der Waals surface area contributed by atoms with Gasteiger partial charge in [-0.3, -0.25) is 4.79 Å². The fraction of sp³-hybridized carbons (Fsp3) is 0.929. The maximum atomic E-state index is 9.92. The minimum absolute atomic E-state index is 0. The van der Waals surface area contributed by atoms with Gasteiger partial charge in [-0.2, -0.15) is 0 Å². The summed E-state index contributed by atoms with van der Waals surface area (Å²) in [4.78, 5) is 9.92. The Balaban J connectivity index is -0.000000282. The van der Waals surface area contributed by atoms with Crippen molar-refractivity contribution in [3.63, 3.8) is 0 Å². The highest BCUT2D eigenvalue weighted by atomic mass is 16.1. The first-order chi connectivity index (χ1) is 7.93. The first-order valence-electron chi connectivity index (χ1n) is 6.96. The van der Waals surface area contributed by atoms with Crippen LogP contribution in [-0.4, -0.2) is 18.5 Å². The highest BCUT2D eigenvalue weighted by Crippen LogP contribution is 2.14. The summed E-state index contributed by atoms with van der Waals surface area (Å²) in [5, 5.41) is 3.57. The van der Waals surface area contributed by atoms with Crippen molar-refractivity contribution in [2.45, 2.75) is 65.8 Å². The Kier molecular flexibility index (Phi) is 9.14. The SMILES string of the molecule is CC(C)C(N)=O.CC(C)CC[C@@H]1CCCCN1.[HH].[HH]. The van der Waals surface area contributed by atoms with Gasteiger partial charge in [-0.05, 0) is 38.1 Å². The fourth-order valence-corrected chi connectivity index (χ4v) is 1.70. The predicted molar refractivity (Wildman–Crippen MR) is 78.0 cm³/mol. The molecule has 3 heteroatoms. The van der Waals surface area contributed by atoms with E-state index in [0.717, 1.165) is 12.0 Å². The van der Waals surface area contributed by atoms with Gasteiger partial charge in [0.2, 0.25) is 5.91 Å². The molecule has 1 fully saturated rings. The zero-order valence-electron chi connectivity index (χ0n) is 12.0. The number of rotatable bonds is 4. The van der Waals surface area contributed by atoms with Crippen molar-refractivity contribution >= 4 is 5.91 Å². The molecule has 0 spiro atoms. The van der Waals surface area contributed by atoms with Crippen molar-refractivity contribution in [1.29, 1.82) is 0 Å². The van der Waals surface area contributed by atoms with E-state index in [1.165, 1.54) is 38.6 Å². The molecule has 3 N–H and O–H groups in total. The molecule has 0 unspecified atom stereocenters. The number of carbonyl (C=O) groups excluding carboxylic acids is 1. The first kappa shape index (κ1) is 16.4. The second kappa shape index (κ2) is 9.46. The Morgan fingerprint density at radius 2 is 1.94 bits per heavy atom. The van der Waals surface area contributed by atoms with Crippen LogP contribution in [-0.2, 0) is 4.79 Å². The van der Waals surface area contributed by atoms with Crippen LogP contribution in [0.5, 0.6) is 0 Å². The van der Waals surface area contributed by atoms with Crippen molar-refractivity contribution in [3.8, 4) is 0 Å². The molecule has 0 radical (unpaired) electrons. The van der Waals surface area contributed by atoms with Crippen molar-refractivity contribution in [2.24, 2.45) is 17.6 Å². The van der Waals surface area contributed by atoms with E-state index in [2.05, 4.69) is 19.2 Å². The Hall–Kier alpha value is -0.570. The molecule has 1 heterocycles. The predicted octanol–water partition coefficient (Wildman–Crippen LogP) is 3.18. The van der Waals surface area contributed by atoms with E-state index in [0.29, 0.717) is 0 Å². The standard InChI is InChI=1S/C10H21N.C4H9NO.2H2/c1-9(2)6-7-10-5-3-4-8-11-10;1-3(2)4(5)6;;/h9-11H,3-8H2,1-2H3;3H,1-2H3,(H2,5,6);2*1H/t10-;;;/m0.../s1. The maximum absolute atomic E-state index is 9.92. The molecule has 106 valence electrons. The Labute approximate surface area is 110 Å². The van der Waals surface area contributed by atoms with Gasteiger partial charge in [0, 0.05) is 14.8 Å². The van der Waals surface area contributed by atoms with E-state index in [1.807, 2.05) is 0 Å². The molecule has 1 atom stereocenters. The van der Waals surface area contributed by atoms with Crippen LogP contribution in [0.2, 0.25) is 0 Å². The molecule has 1 saturated heterocycles. The lowest BCUT2D eigenvalue weighted by Crippen LogP contribution is -2.33. The molecule has 17 heavy (non-hydrogen) atoms. The van der Waals surface area contributed by atoms with Crippen LogP contribution in [0.15, 0.2) is 0 Å². The van der Waals surface area contributed by atoms with E-state index in [-0.39, 0.29) is 14.7 Å². The highest BCUT2D eigenvalue weighted by Gasteiger charge is 2.11. The zero-order chi connectivity index (χ0) is 13.3. The van der Waals surface area contributed by atoms with Crippen LogP contribution in [0.25, 0.3) is 0 Å². The average Bonchev–Trinajstić information content (AvgIpc) is 2.28. The fourth-order valence-electron chi connectivity index (χ4n) is 1.70. The summed E-state index contributed by atoms with van der Waals surface area (Å²) in [5.41, 5.74) is 4.80. The molecule has 0 bridgehead atoms. The van der Waals surface area contributed by atoms with E-state index in [1.54, 1.807) is 13.8 Å². The molecule has 0 aromatic rings. The lowest BCUT2D eigenvalue weighted by atomic mass is 9.97. The monoisotopic (exact) mass is 246 g/mol. The van der Waals surface area contributed by atoms with Gasteiger partial charge in [0.1, 0.15) is 0 Å². The number of nitrogens with one attached hydrogen (secondary N) is 1. The number of carbonyl (C=O) groups is 1. The number of amides is 1. The summed E-state index contributed by atoms with van der Waals surface area (Å²) in [6.07, 6.45) is 7.01. The molecular formula is C14H34N2O. The molecule has 1 rings (SSSR count). The highest BCUT2D eigenvalue weighted by molar-refractivity contribution is 5.75. The van der Waals surface area contributed by atoms with Gasteiger partial charge in [0.05, 0.1) is 0 Å². The molecule has 1 amide bonds. The second-order valence-electron chi connectivity index (χ2n) is 5.68. The normalized spacial score (nSPS) is 20.0. The number of hydrogen-bond donors (Lipinski definition) is 2. The molecule has 0 aliphatic carbocycles. The van der Waals surface area contributed by atoms with Crippen LogP contribution >= 0.6 is 0 Å². The number of hydrogen-bond acceptors (Lipinski definition) is 2. The van der Waals surface area contributed by atoms with E-state index >= 15 is 0 Å². The summed E-state index contributed by atoms with van der Waals surface area (Å²) in [7, 11) is 0. The van der Waals surface area contributed by atoms with E-state index in [4.69, 9.17) is 5.73 Å². The zero-order valence-corrected chi connectivity index (χ0v) is 12.0. The summed E-state index contributed by atoms with van der Waals surface area (Å²) in [6.45, 7) is 9.40. The van der Waals surface area contributed by atoms with Gasteiger partial charge in [0.15, 0.2) is 0 Å². The van der Waals surface area contributed by atoms with Crippen LogP contribution < -0.4 is 11.1 Å². The summed E-state index contributed by atoms with van der Waals surface area (Å²) in [5.74, 6) is 0.624. The third kappa shape index (κ3) is 10.3. The summed E-state index contributed by atoms with van der Waals surface area (Å²) >= 11 is 0. The van der Waals surface area contributed by atoms with Gasteiger partial charge in [-0.15, -0.1) is 0 Å². The van der Waals surface area contributed by atoms with E-state index < -0.39 is 0 Å². The van der Waals surface area contributed by atoms with Gasteiger partial charge >= 0.3 is 0 Å². The molecule has 0 saturated carbocycles. The minimum atomic E-state index is -0.241. The Bertz CT molecular complexity index is 206. The topological polar surface area (TPSA) is 55.1 Å². The van der Waals surface area contributed by atoms with Gasteiger partial charge in [0.25, 0.3) is 0 Å². The van der Waals surface area contributed by atoms with Gasteiger partial charge in [-0.1, -0.05) is 34.1 Å². The third-order valence-electron chi connectivity index (χ3n) is 3.07. The summed E-state index contributed by atoms with van der Waals surface area (Å²) < 4.78 is 0. The first-order valence-corrected chi connectivity index (χ1v) is 6.96. The molecule has 0 aromatic heterocycles. The van der Waals surface area contributed by atoms with Crippen molar-refractivity contribution in [1.82, 2.24) is 5.32 Å². The van der Waals surface area contributed by atoms with Crippen LogP contribution in [0.3, 0.4) is 0 Å². The van der Waals surface area contributed by atoms with Crippen LogP contribution in [0.4, 0.5) is 0 Å². The van der Waals surface area contributed by atoms with Crippen molar-refractivity contribution in [3.05, 3.63) is 0 Å². The number of piperidine rings is 1. The molecule has 1 aliphatic rings. The summed E-state index contributed by atoms with van der Waals surface area (Å²) in [6, 6.07) is 0.839. The second-order valence-corrected chi connectivity index (χ2v) is 5.68. The third-order valence-corrected chi connectivity index (χ3v) is 3.07. The molecule has 1 aliphatic heterocycles. The molecule has 3 nitrogen and oxygen atoms in total. The maximum Gasteiger partial charge on any atom is 0.219 e. The largest absolute Gasteiger partial charge is 0.369 e. The van der Waals surface area contributed by atoms with Crippen molar-refractivity contribution in [2.75, 3.05) is 6.54 Å². The number of primary amides is 1. The van der Waals surface area contributed by atoms with Gasteiger partial charge in [-0.25, -0.2) is 0 Å². The lowest BCUT2D eigenvalue weighted by molar-refractivity contribution is -0.120. The van der Waals surface area contributed by atoms with Crippen LogP contribution in [0, 0.1) is 11.8 Å². The van der Waals surface area contributed by atoms with Crippen LogP contribution in [0.1, 0.15) is 62.7 Å². The Morgan fingerprint density at radius 1 is 1.35 bits per heavy atom. The molecule has 0 aromatic carbocycles. The molecular weight excluding hydrogens is 212 g/mol. The van der Waals surface area contributed by atoms with Gasteiger partial charge < -0.3 is 11.1 Å². The minimum Gasteiger partial charge on any atom is -0.369 e. The number of nitrogens with two attached hydrogens (primary N) is 1. The Morgan fingerprint density at radius 3 is 2.29 bits per heavy atom. The average molecular weight is 246 g/mol. The van der Waals surface area contributed by atoms with Crippen molar-refractivity contribution < 1.29 is 7.65 Å². The van der Waals surface area contributed by atoms with E-state index in [9.17, 15) is 4.79 Å². The smallest absolute Gasteiger partial charge is 0.219 e. The lowest BCUT2D eigenvalue weighted by Gasteiger charge is -2.23.